The number of ether oxygens (including phenoxy) is 2. The summed E-state index contributed by atoms with van der Waals surface area (Å²) in [6.45, 7) is 9.81. The summed E-state index contributed by atoms with van der Waals surface area (Å²) in [4.78, 5) is 24.7. The van der Waals surface area contributed by atoms with E-state index in [-0.39, 0.29) is 5.91 Å². The van der Waals surface area contributed by atoms with E-state index in [1.54, 1.807) is 25.1 Å². The number of carbonyl (C=O) groups excluding carboxylic acids is 2. The Morgan fingerprint density at radius 1 is 1.04 bits per heavy atom. The number of hydrogen-bond acceptors (Lipinski definition) is 4. The van der Waals surface area contributed by atoms with Gasteiger partial charge in [0, 0.05) is 5.69 Å². The van der Waals surface area contributed by atoms with Gasteiger partial charge in [-0.25, -0.2) is 4.79 Å². The predicted octanol–water partition coefficient (Wildman–Crippen LogP) is 4.58. The molecule has 0 heterocycles. The lowest BCUT2D eigenvalue weighted by Gasteiger charge is -2.20. The Morgan fingerprint density at radius 2 is 1.78 bits per heavy atom. The van der Waals surface area contributed by atoms with Crippen LogP contribution in [0.4, 0.5) is 5.69 Å². The Labute approximate surface area is 160 Å². The Kier molecular flexibility index (Phi) is 6.99. The predicted molar refractivity (Wildman–Crippen MR) is 106 cm³/mol. The van der Waals surface area contributed by atoms with Crippen LogP contribution in [0.1, 0.15) is 47.3 Å². The molecular weight excluding hydrogens is 342 g/mol. The molecule has 2 aromatic carbocycles. The summed E-state index contributed by atoms with van der Waals surface area (Å²) in [5.74, 6) is 0.0446. The number of nitrogens with one attached hydrogen (secondary N) is 1. The summed E-state index contributed by atoms with van der Waals surface area (Å²) in [5.41, 5.74) is 3.97. The van der Waals surface area contributed by atoms with Crippen LogP contribution in [0.2, 0.25) is 0 Å². The summed E-state index contributed by atoms with van der Waals surface area (Å²) in [7, 11) is 0. The Balaban J connectivity index is 2.18. The van der Waals surface area contributed by atoms with Crippen molar-refractivity contribution in [1.82, 2.24) is 0 Å². The van der Waals surface area contributed by atoms with Crippen LogP contribution in [-0.2, 0) is 9.53 Å². The van der Waals surface area contributed by atoms with E-state index in [0.717, 1.165) is 16.7 Å². The highest BCUT2D eigenvalue weighted by molar-refractivity contribution is 5.97. The standard InChI is InChI=1S/C22H27NO4/c1-6-19(27-20-10-8-9-14(3)16(20)5)21(24)23-18-13-17(12-11-15(18)4)22(25)26-7-2/h8-13,19H,6-7H2,1-5H3,(H,23,24)/t19-/m0/s1. The van der Waals surface area contributed by atoms with E-state index < -0.39 is 12.1 Å². The third-order valence-corrected chi connectivity index (χ3v) is 4.49. The average molecular weight is 369 g/mol. The molecule has 5 heteroatoms. The minimum absolute atomic E-state index is 0.248. The van der Waals surface area contributed by atoms with E-state index in [4.69, 9.17) is 9.47 Å². The Morgan fingerprint density at radius 3 is 2.44 bits per heavy atom. The first-order valence-corrected chi connectivity index (χ1v) is 9.18. The van der Waals surface area contributed by atoms with Gasteiger partial charge in [-0.15, -0.1) is 0 Å². The molecule has 0 aliphatic carbocycles. The van der Waals surface area contributed by atoms with Crippen molar-refractivity contribution in [2.45, 2.75) is 47.1 Å². The summed E-state index contributed by atoms with van der Waals surface area (Å²) >= 11 is 0. The second-order valence-electron chi connectivity index (χ2n) is 6.45. The number of aryl methyl sites for hydroxylation is 2. The number of benzene rings is 2. The largest absolute Gasteiger partial charge is 0.480 e. The zero-order valence-electron chi connectivity index (χ0n) is 16.6. The van der Waals surface area contributed by atoms with Gasteiger partial charge in [-0.05, 0) is 69.0 Å². The average Bonchev–Trinajstić information content (AvgIpc) is 2.64. The lowest BCUT2D eigenvalue weighted by molar-refractivity contribution is -0.122. The first kappa shape index (κ1) is 20.5. The van der Waals surface area contributed by atoms with Crippen molar-refractivity contribution in [3.05, 3.63) is 58.7 Å². The lowest BCUT2D eigenvalue weighted by Crippen LogP contribution is -2.33. The van der Waals surface area contributed by atoms with E-state index in [0.29, 0.717) is 30.0 Å². The molecule has 27 heavy (non-hydrogen) atoms. The van der Waals surface area contributed by atoms with E-state index in [1.807, 2.05) is 45.9 Å². The van der Waals surface area contributed by atoms with Crippen LogP contribution in [0.15, 0.2) is 36.4 Å². The minimum Gasteiger partial charge on any atom is -0.480 e. The fraction of sp³-hybridized carbons (Fsp3) is 0.364. The van der Waals surface area contributed by atoms with Gasteiger partial charge in [0.05, 0.1) is 12.2 Å². The maximum Gasteiger partial charge on any atom is 0.338 e. The summed E-state index contributed by atoms with van der Waals surface area (Å²) < 4.78 is 11.0. The molecule has 144 valence electrons. The van der Waals surface area contributed by atoms with Crippen LogP contribution >= 0.6 is 0 Å². The zero-order chi connectivity index (χ0) is 20.0. The van der Waals surface area contributed by atoms with Crippen molar-refractivity contribution in [2.24, 2.45) is 0 Å². The SMILES string of the molecule is CCOC(=O)c1ccc(C)c(NC(=O)[C@H](CC)Oc2cccc(C)c2C)c1. The van der Waals surface area contributed by atoms with Gasteiger partial charge in [0.1, 0.15) is 5.75 Å². The van der Waals surface area contributed by atoms with Gasteiger partial charge >= 0.3 is 5.97 Å². The van der Waals surface area contributed by atoms with Crippen LogP contribution in [0.25, 0.3) is 0 Å². The van der Waals surface area contributed by atoms with E-state index in [2.05, 4.69) is 5.32 Å². The molecule has 1 amide bonds. The van der Waals surface area contributed by atoms with Gasteiger partial charge in [-0.3, -0.25) is 4.79 Å². The van der Waals surface area contributed by atoms with Gasteiger partial charge in [-0.2, -0.15) is 0 Å². The monoisotopic (exact) mass is 369 g/mol. The van der Waals surface area contributed by atoms with Crippen LogP contribution < -0.4 is 10.1 Å². The maximum absolute atomic E-state index is 12.8. The first-order valence-electron chi connectivity index (χ1n) is 9.18. The van der Waals surface area contributed by atoms with Crippen molar-refractivity contribution in [2.75, 3.05) is 11.9 Å². The molecule has 2 rings (SSSR count). The zero-order valence-corrected chi connectivity index (χ0v) is 16.6. The number of anilines is 1. The number of esters is 1. The van der Waals surface area contributed by atoms with Crippen LogP contribution in [0.5, 0.6) is 5.75 Å². The van der Waals surface area contributed by atoms with Crippen molar-refractivity contribution in [3.8, 4) is 5.75 Å². The second-order valence-corrected chi connectivity index (χ2v) is 6.45. The minimum atomic E-state index is -0.629. The molecule has 0 bridgehead atoms. The molecule has 0 saturated heterocycles. The molecule has 0 spiro atoms. The fourth-order valence-corrected chi connectivity index (χ4v) is 2.64. The van der Waals surface area contributed by atoms with E-state index in [1.165, 1.54) is 0 Å². The summed E-state index contributed by atoms with van der Waals surface area (Å²) in [6, 6.07) is 10.9. The molecule has 1 atom stereocenters. The first-order chi connectivity index (χ1) is 12.9. The topological polar surface area (TPSA) is 64.6 Å². The van der Waals surface area contributed by atoms with Crippen molar-refractivity contribution in [3.63, 3.8) is 0 Å². The highest BCUT2D eigenvalue weighted by Crippen LogP contribution is 2.24. The quantitative estimate of drug-likeness (QED) is 0.725. The number of carbonyl (C=O) groups is 2. The summed E-state index contributed by atoms with van der Waals surface area (Å²) in [6.07, 6.45) is -0.105. The Hall–Kier alpha value is -2.82. The molecule has 0 radical (unpaired) electrons. The van der Waals surface area contributed by atoms with Crippen molar-refractivity contribution < 1.29 is 19.1 Å². The number of hydrogen-bond donors (Lipinski definition) is 1. The lowest BCUT2D eigenvalue weighted by atomic mass is 10.1. The molecule has 1 N–H and O–H groups in total. The number of rotatable bonds is 7. The van der Waals surface area contributed by atoms with Crippen molar-refractivity contribution in [1.29, 1.82) is 0 Å². The number of amides is 1. The second kappa shape index (κ2) is 9.21. The molecule has 0 unspecified atom stereocenters. The molecule has 0 saturated carbocycles. The Bertz CT molecular complexity index is 829. The normalized spacial score (nSPS) is 11.6. The van der Waals surface area contributed by atoms with E-state index in [9.17, 15) is 9.59 Å². The third-order valence-electron chi connectivity index (χ3n) is 4.49. The third kappa shape index (κ3) is 5.09. The fourth-order valence-electron chi connectivity index (χ4n) is 2.64. The van der Waals surface area contributed by atoms with Gasteiger partial charge < -0.3 is 14.8 Å². The van der Waals surface area contributed by atoms with Crippen LogP contribution in [0.3, 0.4) is 0 Å². The maximum atomic E-state index is 12.8. The van der Waals surface area contributed by atoms with E-state index >= 15 is 0 Å². The highest BCUT2D eigenvalue weighted by Gasteiger charge is 2.21. The molecule has 0 aliphatic rings. The van der Waals surface area contributed by atoms with Gasteiger partial charge in [0.25, 0.3) is 5.91 Å². The van der Waals surface area contributed by atoms with Crippen LogP contribution in [-0.4, -0.2) is 24.6 Å². The summed E-state index contributed by atoms with van der Waals surface area (Å²) in [5, 5.41) is 2.88. The highest BCUT2D eigenvalue weighted by atomic mass is 16.5. The smallest absolute Gasteiger partial charge is 0.338 e. The molecular formula is C22H27NO4. The molecule has 5 nitrogen and oxygen atoms in total. The van der Waals surface area contributed by atoms with Gasteiger partial charge in [0.15, 0.2) is 6.10 Å². The van der Waals surface area contributed by atoms with Crippen molar-refractivity contribution >= 4 is 17.6 Å². The molecule has 0 aromatic heterocycles. The van der Waals surface area contributed by atoms with Gasteiger partial charge in [0.2, 0.25) is 0 Å². The molecule has 0 aliphatic heterocycles. The molecule has 2 aromatic rings. The van der Waals surface area contributed by atoms with Gasteiger partial charge in [-0.1, -0.05) is 25.1 Å². The van der Waals surface area contributed by atoms with Crippen LogP contribution in [0, 0.1) is 20.8 Å². The molecule has 0 fully saturated rings.